The molecule has 1 heterocycles. The highest BCUT2D eigenvalue weighted by molar-refractivity contribution is 6.33. The average molecular weight is 269 g/mol. The fourth-order valence-corrected chi connectivity index (χ4v) is 2.85. The zero-order chi connectivity index (χ0) is 13.3. The van der Waals surface area contributed by atoms with E-state index >= 15 is 0 Å². The van der Waals surface area contributed by atoms with Gasteiger partial charge >= 0.3 is 0 Å². The van der Waals surface area contributed by atoms with Crippen molar-refractivity contribution < 1.29 is 9.53 Å². The highest BCUT2D eigenvalue weighted by atomic mass is 35.5. The summed E-state index contributed by atoms with van der Waals surface area (Å²) in [7, 11) is 1.58. The van der Waals surface area contributed by atoms with Crippen molar-refractivity contribution in [1.29, 1.82) is 0 Å². The van der Waals surface area contributed by atoms with E-state index in [0.717, 1.165) is 17.7 Å². The molecule has 0 aliphatic carbocycles. The predicted molar refractivity (Wildman–Crippen MR) is 72.4 cm³/mol. The minimum atomic E-state index is 0.0213. The van der Waals surface area contributed by atoms with E-state index in [-0.39, 0.29) is 11.8 Å². The van der Waals surface area contributed by atoms with Crippen molar-refractivity contribution >= 4 is 23.2 Å². The van der Waals surface area contributed by atoms with Gasteiger partial charge in [0.25, 0.3) is 0 Å². The SMILES string of the molecule is COc1ccc2c(c1Cl)C(CN)CCN2C(C)=O. The molecule has 0 radical (unpaired) electrons. The lowest BCUT2D eigenvalue weighted by Gasteiger charge is -2.34. The molecule has 1 atom stereocenters. The van der Waals surface area contributed by atoms with Crippen molar-refractivity contribution in [3.63, 3.8) is 0 Å². The van der Waals surface area contributed by atoms with Crippen LogP contribution in [0.1, 0.15) is 24.8 Å². The fourth-order valence-electron chi connectivity index (χ4n) is 2.46. The number of halogens is 1. The van der Waals surface area contributed by atoms with Crippen molar-refractivity contribution in [2.75, 3.05) is 25.1 Å². The third-order valence-electron chi connectivity index (χ3n) is 3.41. The van der Waals surface area contributed by atoms with Gasteiger partial charge in [0.2, 0.25) is 5.91 Å². The third-order valence-corrected chi connectivity index (χ3v) is 3.80. The molecule has 98 valence electrons. The van der Waals surface area contributed by atoms with E-state index in [1.807, 2.05) is 6.07 Å². The molecule has 2 rings (SSSR count). The van der Waals surface area contributed by atoms with E-state index in [1.165, 1.54) is 0 Å². The number of anilines is 1. The molecule has 1 aromatic rings. The topological polar surface area (TPSA) is 55.6 Å². The first kappa shape index (κ1) is 13.2. The second kappa shape index (κ2) is 5.16. The Balaban J connectivity index is 2.58. The van der Waals surface area contributed by atoms with Crippen molar-refractivity contribution in [3.8, 4) is 5.75 Å². The van der Waals surface area contributed by atoms with Crippen LogP contribution in [0.4, 0.5) is 5.69 Å². The molecule has 1 amide bonds. The van der Waals surface area contributed by atoms with Crippen LogP contribution < -0.4 is 15.4 Å². The van der Waals surface area contributed by atoms with Gasteiger partial charge in [0.05, 0.1) is 12.1 Å². The molecule has 4 nitrogen and oxygen atoms in total. The summed E-state index contributed by atoms with van der Waals surface area (Å²) in [6.45, 7) is 2.77. The number of benzene rings is 1. The number of rotatable bonds is 2. The molecule has 1 aliphatic rings. The molecule has 0 saturated carbocycles. The minimum absolute atomic E-state index is 0.0213. The van der Waals surface area contributed by atoms with Gasteiger partial charge in [0.1, 0.15) is 5.75 Å². The van der Waals surface area contributed by atoms with E-state index in [9.17, 15) is 4.79 Å². The number of fused-ring (bicyclic) bond motifs is 1. The maximum atomic E-state index is 11.6. The molecule has 5 heteroatoms. The smallest absolute Gasteiger partial charge is 0.223 e. The van der Waals surface area contributed by atoms with E-state index in [2.05, 4.69) is 0 Å². The third kappa shape index (κ3) is 2.06. The van der Waals surface area contributed by atoms with Crippen LogP contribution in [-0.2, 0) is 4.79 Å². The quantitative estimate of drug-likeness (QED) is 0.894. The van der Waals surface area contributed by atoms with Crippen LogP contribution in [0.3, 0.4) is 0 Å². The molecule has 1 aliphatic heterocycles. The maximum absolute atomic E-state index is 11.6. The number of carbonyl (C=O) groups excluding carboxylic acids is 1. The zero-order valence-electron chi connectivity index (χ0n) is 10.6. The largest absolute Gasteiger partial charge is 0.495 e. The molecular weight excluding hydrogens is 252 g/mol. The first-order valence-corrected chi connectivity index (χ1v) is 6.32. The van der Waals surface area contributed by atoms with Gasteiger partial charge in [0.15, 0.2) is 0 Å². The summed E-state index contributed by atoms with van der Waals surface area (Å²) in [6, 6.07) is 3.67. The Morgan fingerprint density at radius 1 is 1.61 bits per heavy atom. The predicted octanol–water partition coefficient (Wildman–Crippen LogP) is 2.15. The Morgan fingerprint density at radius 2 is 2.33 bits per heavy atom. The molecule has 0 aromatic heterocycles. The summed E-state index contributed by atoms with van der Waals surface area (Å²) >= 11 is 6.35. The lowest BCUT2D eigenvalue weighted by atomic mass is 9.89. The van der Waals surface area contributed by atoms with Crippen molar-refractivity contribution in [3.05, 3.63) is 22.7 Å². The van der Waals surface area contributed by atoms with Gasteiger partial charge in [0, 0.05) is 30.6 Å². The normalized spacial score (nSPS) is 18.4. The molecule has 0 bridgehead atoms. The first-order chi connectivity index (χ1) is 8.60. The van der Waals surface area contributed by atoms with Crippen LogP contribution in [0.15, 0.2) is 12.1 Å². The number of hydrogen-bond acceptors (Lipinski definition) is 3. The minimum Gasteiger partial charge on any atom is -0.495 e. The number of amides is 1. The lowest BCUT2D eigenvalue weighted by Crippen LogP contribution is -2.36. The molecule has 0 saturated heterocycles. The Bertz CT molecular complexity index is 476. The molecule has 1 aromatic carbocycles. The average Bonchev–Trinajstić information content (AvgIpc) is 2.37. The van der Waals surface area contributed by atoms with E-state index < -0.39 is 0 Å². The van der Waals surface area contributed by atoms with Gasteiger partial charge in [-0.2, -0.15) is 0 Å². The second-order valence-electron chi connectivity index (χ2n) is 4.41. The van der Waals surface area contributed by atoms with E-state index in [1.54, 1.807) is 25.0 Å². The molecular formula is C13H17ClN2O2. The van der Waals surface area contributed by atoms with Gasteiger partial charge in [-0.25, -0.2) is 0 Å². The van der Waals surface area contributed by atoms with Crippen molar-refractivity contribution in [1.82, 2.24) is 0 Å². The van der Waals surface area contributed by atoms with Gasteiger partial charge in [-0.1, -0.05) is 11.6 Å². The zero-order valence-corrected chi connectivity index (χ0v) is 11.3. The molecule has 1 unspecified atom stereocenters. The van der Waals surface area contributed by atoms with E-state index in [0.29, 0.717) is 23.9 Å². The molecule has 18 heavy (non-hydrogen) atoms. The number of nitrogens with two attached hydrogens (primary N) is 1. The van der Waals surface area contributed by atoms with Crippen LogP contribution in [-0.4, -0.2) is 26.1 Å². The Labute approximate surface area is 112 Å². The fraction of sp³-hybridized carbons (Fsp3) is 0.462. The number of carbonyl (C=O) groups is 1. The monoisotopic (exact) mass is 268 g/mol. The highest BCUT2D eigenvalue weighted by Gasteiger charge is 2.29. The van der Waals surface area contributed by atoms with Gasteiger partial charge in [-0.05, 0) is 25.1 Å². The maximum Gasteiger partial charge on any atom is 0.223 e. The van der Waals surface area contributed by atoms with Crippen LogP contribution in [0, 0.1) is 0 Å². The Hall–Kier alpha value is -1.26. The van der Waals surface area contributed by atoms with Crippen LogP contribution in [0.2, 0.25) is 5.02 Å². The lowest BCUT2D eigenvalue weighted by molar-refractivity contribution is -0.116. The van der Waals surface area contributed by atoms with E-state index in [4.69, 9.17) is 22.1 Å². The summed E-state index contributed by atoms with van der Waals surface area (Å²) in [6.07, 6.45) is 0.829. The summed E-state index contributed by atoms with van der Waals surface area (Å²) in [4.78, 5) is 13.4. The van der Waals surface area contributed by atoms with Gasteiger partial charge in [-0.15, -0.1) is 0 Å². The van der Waals surface area contributed by atoms with Gasteiger partial charge in [-0.3, -0.25) is 4.79 Å². The molecule has 0 fully saturated rings. The van der Waals surface area contributed by atoms with Crippen LogP contribution in [0.5, 0.6) is 5.75 Å². The van der Waals surface area contributed by atoms with Gasteiger partial charge < -0.3 is 15.4 Å². The number of nitrogens with zero attached hydrogens (tertiary/aromatic N) is 1. The van der Waals surface area contributed by atoms with Crippen molar-refractivity contribution in [2.24, 2.45) is 5.73 Å². The standard InChI is InChI=1S/C13H17ClN2O2/c1-8(17)16-6-5-9(7-15)12-10(16)3-4-11(18-2)13(12)14/h3-4,9H,5-7,15H2,1-2H3. The van der Waals surface area contributed by atoms with Crippen LogP contribution in [0.25, 0.3) is 0 Å². The number of methoxy groups -OCH3 is 1. The molecule has 2 N–H and O–H groups in total. The van der Waals surface area contributed by atoms with Crippen molar-refractivity contribution in [2.45, 2.75) is 19.3 Å². The highest BCUT2D eigenvalue weighted by Crippen LogP contribution is 2.43. The summed E-state index contributed by atoms with van der Waals surface area (Å²) < 4.78 is 5.22. The first-order valence-electron chi connectivity index (χ1n) is 5.94. The summed E-state index contributed by atoms with van der Waals surface area (Å²) in [5, 5.41) is 0.566. The summed E-state index contributed by atoms with van der Waals surface area (Å²) in [5.41, 5.74) is 7.58. The Kier molecular flexibility index (Phi) is 3.78. The van der Waals surface area contributed by atoms with Crippen LogP contribution >= 0.6 is 11.6 Å². The second-order valence-corrected chi connectivity index (χ2v) is 4.78. The summed E-state index contributed by atoms with van der Waals surface area (Å²) in [5.74, 6) is 0.824. The Morgan fingerprint density at radius 3 is 2.89 bits per heavy atom. The number of ether oxygens (including phenoxy) is 1. The molecule has 0 spiro atoms. The number of hydrogen-bond donors (Lipinski definition) is 1.